The van der Waals surface area contributed by atoms with Gasteiger partial charge in [-0.1, -0.05) is 36.4 Å². The molecule has 0 amide bonds. The van der Waals surface area contributed by atoms with Crippen molar-refractivity contribution in [3.8, 4) is 17.1 Å². The molecule has 0 aliphatic rings. The summed E-state index contributed by atoms with van der Waals surface area (Å²) in [4.78, 5) is 8.49. The molecule has 0 aliphatic heterocycles. The molecule has 0 saturated heterocycles. The first-order valence-corrected chi connectivity index (χ1v) is 13.0. The number of nitrogens with one attached hydrogen (secondary N) is 1. The lowest BCUT2D eigenvalue weighted by molar-refractivity contribution is 0.00152. The molecule has 0 aliphatic carbocycles. The SMILES string of the molecule is Cc1cnc([C@H](OC(C)C)[C@H](C)S(=O)(=O)Nc2nnc(-c3ccccc3)n2-c2c(F)cccc2F)nc1. The maximum Gasteiger partial charge on any atom is 0.243 e. The van der Waals surface area contributed by atoms with Crippen LogP contribution < -0.4 is 4.72 Å². The molecule has 4 aromatic rings. The van der Waals surface area contributed by atoms with E-state index >= 15 is 0 Å². The molecule has 12 heteroatoms. The van der Waals surface area contributed by atoms with Gasteiger partial charge >= 0.3 is 0 Å². The smallest absolute Gasteiger partial charge is 0.243 e. The Hall–Kier alpha value is -3.77. The summed E-state index contributed by atoms with van der Waals surface area (Å²) in [5.41, 5.74) is 0.757. The van der Waals surface area contributed by atoms with Crippen LogP contribution in [-0.2, 0) is 14.8 Å². The van der Waals surface area contributed by atoms with E-state index in [-0.39, 0.29) is 23.7 Å². The lowest BCUT2D eigenvalue weighted by atomic mass is 10.2. The van der Waals surface area contributed by atoms with Crippen molar-refractivity contribution < 1.29 is 21.9 Å². The van der Waals surface area contributed by atoms with Crippen molar-refractivity contribution >= 4 is 16.0 Å². The summed E-state index contributed by atoms with van der Waals surface area (Å²) in [7, 11) is -4.26. The van der Waals surface area contributed by atoms with Crippen molar-refractivity contribution in [3.63, 3.8) is 0 Å². The van der Waals surface area contributed by atoms with Crippen LogP contribution in [0.25, 0.3) is 17.1 Å². The molecule has 0 saturated carbocycles. The third-order valence-electron chi connectivity index (χ3n) is 5.48. The van der Waals surface area contributed by atoms with Gasteiger partial charge in [0, 0.05) is 18.0 Å². The molecule has 0 fully saturated rings. The minimum absolute atomic E-state index is 0.0480. The number of anilines is 1. The van der Waals surface area contributed by atoms with Crippen LogP contribution in [0.5, 0.6) is 0 Å². The number of benzene rings is 2. The van der Waals surface area contributed by atoms with Gasteiger partial charge in [-0.2, -0.15) is 0 Å². The van der Waals surface area contributed by atoms with Crippen LogP contribution in [0.4, 0.5) is 14.7 Å². The van der Waals surface area contributed by atoms with Gasteiger partial charge in [-0.15, -0.1) is 10.2 Å². The Morgan fingerprint density at radius 3 is 2.14 bits per heavy atom. The maximum atomic E-state index is 14.9. The zero-order valence-electron chi connectivity index (χ0n) is 20.6. The summed E-state index contributed by atoms with van der Waals surface area (Å²) in [6, 6.07) is 11.9. The Kier molecular flexibility index (Phi) is 7.60. The minimum Gasteiger partial charge on any atom is -0.366 e. The van der Waals surface area contributed by atoms with Gasteiger partial charge in [0.25, 0.3) is 0 Å². The van der Waals surface area contributed by atoms with Crippen LogP contribution in [0.1, 0.15) is 38.3 Å². The van der Waals surface area contributed by atoms with Crippen molar-refractivity contribution in [2.45, 2.75) is 45.2 Å². The van der Waals surface area contributed by atoms with Crippen molar-refractivity contribution in [2.75, 3.05) is 4.72 Å². The quantitative estimate of drug-likeness (QED) is 0.338. The molecule has 2 aromatic heterocycles. The van der Waals surface area contributed by atoms with Crippen LogP contribution in [0, 0.1) is 18.6 Å². The first-order chi connectivity index (χ1) is 17.6. The fourth-order valence-corrected chi connectivity index (χ4v) is 4.73. The summed E-state index contributed by atoms with van der Waals surface area (Å²) < 4.78 is 66.1. The Morgan fingerprint density at radius 2 is 1.54 bits per heavy atom. The first-order valence-electron chi connectivity index (χ1n) is 11.5. The van der Waals surface area contributed by atoms with Crippen molar-refractivity contribution in [1.29, 1.82) is 0 Å². The predicted molar refractivity (Wildman–Crippen MR) is 134 cm³/mol. The van der Waals surface area contributed by atoms with Crippen LogP contribution >= 0.6 is 0 Å². The Morgan fingerprint density at radius 1 is 0.919 bits per heavy atom. The van der Waals surface area contributed by atoms with Crippen molar-refractivity contribution in [3.05, 3.63) is 83.9 Å². The lowest BCUT2D eigenvalue weighted by Crippen LogP contribution is -2.35. The number of nitrogens with zero attached hydrogens (tertiary/aromatic N) is 5. The largest absolute Gasteiger partial charge is 0.366 e. The number of hydrogen-bond acceptors (Lipinski definition) is 7. The van der Waals surface area contributed by atoms with Gasteiger partial charge in [-0.05, 0) is 45.4 Å². The first kappa shape index (κ1) is 26.3. The van der Waals surface area contributed by atoms with Gasteiger partial charge in [-0.25, -0.2) is 27.2 Å². The Balaban J connectivity index is 1.79. The summed E-state index contributed by atoms with van der Waals surface area (Å²) in [5, 5.41) is 6.77. The second-order valence-electron chi connectivity index (χ2n) is 8.70. The summed E-state index contributed by atoms with van der Waals surface area (Å²) >= 11 is 0. The van der Waals surface area contributed by atoms with E-state index in [0.29, 0.717) is 5.56 Å². The predicted octanol–water partition coefficient (Wildman–Crippen LogP) is 4.61. The number of para-hydroxylation sites is 1. The van der Waals surface area contributed by atoms with Gasteiger partial charge in [0.15, 0.2) is 11.6 Å². The molecular weight excluding hydrogens is 502 g/mol. The minimum atomic E-state index is -4.26. The molecule has 0 spiro atoms. The number of sulfonamides is 1. The molecule has 194 valence electrons. The molecule has 0 bridgehead atoms. The average Bonchev–Trinajstić information content (AvgIpc) is 3.25. The van der Waals surface area contributed by atoms with Crippen LogP contribution in [0.3, 0.4) is 0 Å². The van der Waals surface area contributed by atoms with Crippen LogP contribution in [0.15, 0.2) is 60.9 Å². The number of aryl methyl sites for hydroxylation is 1. The normalized spacial score (nSPS) is 13.5. The Labute approximate surface area is 213 Å². The van der Waals surface area contributed by atoms with Crippen LogP contribution in [0.2, 0.25) is 0 Å². The second-order valence-corrected chi connectivity index (χ2v) is 10.7. The highest BCUT2D eigenvalue weighted by Gasteiger charge is 2.36. The zero-order chi connectivity index (χ0) is 26.7. The van der Waals surface area contributed by atoms with Crippen molar-refractivity contribution in [1.82, 2.24) is 24.7 Å². The molecule has 0 radical (unpaired) electrons. The molecule has 1 N–H and O–H groups in total. The highest BCUT2D eigenvalue weighted by molar-refractivity contribution is 7.93. The maximum absolute atomic E-state index is 14.9. The van der Waals surface area contributed by atoms with Crippen molar-refractivity contribution in [2.24, 2.45) is 0 Å². The summed E-state index contributed by atoms with van der Waals surface area (Å²) in [6.07, 6.45) is 1.76. The van der Waals surface area contributed by atoms with Gasteiger partial charge in [0.2, 0.25) is 16.0 Å². The molecule has 2 atom stereocenters. The van der Waals surface area contributed by atoms with E-state index < -0.39 is 38.7 Å². The third kappa shape index (κ3) is 5.65. The topological polar surface area (TPSA) is 112 Å². The monoisotopic (exact) mass is 528 g/mol. The second kappa shape index (κ2) is 10.7. The van der Waals surface area contributed by atoms with Gasteiger partial charge in [0.05, 0.1) is 6.10 Å². The van der Waals surface area contributed by atoms with E-state index in [1.807, 2.05) is 6.92 Å². The highest BCUT2D eigenvalue weighted by Crippen LogP contribution is 2.31. The van der Waals surface area contributed by atoms with E-state index in [2.05, 4.69) is 24.9 Å². The van der Waals surface area contributed by atoms with Gasteiger partial charge in [0.1, 0.15) is 28.7 Å². The molecule has 0 unspecified atom stereocenters. The molecule has 2 aromatic carbocycles. The number of hydrogen-bond donors (Lipinski definition) is 1. The number of aromatic nitrogens is 5. The molecule has 2 heterocycles. The summed E-state index contributed by atoms with van der Waals surface area (Å²) in [5.74, 6) is -1.99. The van der Waals surface area contributed by atoms with Gasteiger partial charge in [-0.3, -0.25) is 9.29 Å². The molecular formula is C25H26F2N6O3S. The van der Waals surface area contributed by atoms with E-state index in [1.54, 1.807) is 56.6 Å². The number of rotatable bonds is 9. The fraction of sp³-hybridized carbons (Fsp3) is 0.280. The van der Waals surface area contributed by atoms with E-state index in [0.717, 1.165) is 22.3 Å². The van der Waals surface area contributed by atoms with E-state index in [4.69, 9.17) is 4.74 Å². The number of ether oxygens (including phenoxy) is 1. The molecule has 37 heavy (non-hydrogen) atoms. The fourth-order valence-electron chi connectivity index (χ4n) is 3.65. The molecule has 9 nitrogen and oxygen atoms in total. The molecule has 4 rings (SSSR count). The van der Waals surface area contributed by atoms with E-state index in [9.17, 15) is 17.2 Å². The highest BCUT2D eigenvalue weighted by atomic mass is 32.2. The van der Waals surface area contributed by atoms with Gasteiger partial charge < -0.3 is 4.74 Å². The summed E-state index contributed by atoms with van der Waals surface area (Å²) in [6.45, 7) is 6.76. The number of halogens is 2. The zero-order valence-corrected chi connectivity index (χ0v) is 21.4. The standard InChI is InChI=1S/C25H26F2N6O3S/c1-15(2)36-22(23-28-13-16(3)14-29-23)17(4)37(34,35)32-25-31-30-24(18-9-6-5-7-10-18)33(25)21-19(26)11-8-12-20(21)27/h5-15,17,22H,1-4H3,(H,31,32)/t17-,22+/m0/s1. The van der Waals surface area contributed by atoms with E-state index in [1.165, 1.54) is 13.0 Å². The Bertz CT molecular complexity index is 1460. The van der Waals surface area contributed by atoms with Crippen LogP contribution in [-0.4, -0.2) is 44.5 Å². The lowest BCUT2D eigenvalue weighted by Gasteiger charge is -2.25. The average molecular weight is 529 g/mol. The third-order valence-corrected chi connectivity index (χ3v) is 7.17.